The summed E-state index contributed by atoms with van der Waals surface area (Å²) in [5.41, 5.74) is 15.3. The Morgan fingerprint density at radius 2 is 2.00 bits per heavy atom. The summed E-state index contributed by atoms with van der Waals surface area (Å²) in [6, 6.07) is 7.85. The van der Waals surface area contributed by atoms with Gasteiger partial charge in [0.05, 0.1) is 5.69 Å². The molecule has 1 aromatic carbocycles. The summed E-state index contributed by atoms with van der Waals surface area (Å²) in [4.78, 5) is 11.4. The van der Waals surface area contributed by atoms with Crippen molar-refractivity contribution in [3.05, 3.63) is 36.0 Å². The molecule has 2 heterocycles. The molecule has 0 atom stereocenters. The van der Waals surface area contributed by atoms with Gasteiger partial charge in [0.25, 0.3) is 0 Å². The predicted octanol–water partition coefficient (Wildman–Crippen LogP) is 2.10. The van der Waals surface area contributed by atoms with Crippen LogP contribution in [0.5, 0.6) is 0 Å². The van der Waals surface area contributed by atoms with Crippen LogP contribution in [-0.2, 0) is 0 Å². The van der Waals surface area contributed by atoms with Crippen LogP contribution in [0.1, 0.15) is 5.56 Å². The second kappa shape index (κ2) is 3.73. The molecule has 3 aromatic rings. The number of nitrogens with one attached hydrogen (secondary N) is 1. The Hall–Kier alpha value is -2.56. The number of H-pyrrole nitrogens is 1. The quantitative estimate of drug-likeness (QED) is 0.606. The van der Waals surface area contributed by atoms with E-state index in [2.05, 4.69) is 27.9 Å². The molecule has 0 aliphatic heterocycles. The Morgan fingerprint density at radius 3 is 2.78 bits per heavy atom. The summed E-state index contributed by atoms with van der Waals surface area (Å²) in [6.07, 6.45) is 1.92. The fourth-order valence-electron chi connectivity index (χ4n) is 2.14. The van der Waals surface area contributed by atoms with Gasteiger partial charge in [0.2, 0.25) is 5.95 Å². The molecular weight excluding hydrogens is 226 g/mol. The minimum absolute atomic E-state index is 0.187. The molecular formula is C13H13N5. The van der Waals surface area contributed by atoms with E-state index in [1.54, 1.807) is 6.07 Å². The number of para-hydroxylation sites is 1. The van der Waals surface area contributed by atoms with Crippen LogP contribution in [0.15, 0.2) is 30.5 Å². The molecule has 90 valence electrons. The number of hydrogen-bond acceptors (Lipinski definition) is 4. The summed E-state index contributed by atoms with van der Waals surface area (Å²) >= 11 is 0. The van der Waals surface area contributed by atoms with Gasteiger partial charge >= 0.3 is 0 Å². The first-order valence-electron chi connectivity index (χ1n) is 5.62. The van der Waals surface area contributed by atoms with Crippen molar-refractivity contribution in [1.82, 2.24) is 15.0 Å². The number of benzene rings is 1. The Balaban J connectivity index is 2.29. The van der Waals surface area contributed by atoms with Gasteiger partial charge < -0.3 is 16.5 Å². The van der Waals surface area contributed by atoms with Gasteiger partial charge in [-0.05, 0) is 12.5 Å². The monoisotopic (exact) mass is 239 g/mol. The van der Waals surface area contributed by atoms with Crippen molar-refractivity contribution in [3.63, 3.8) is 0 Å². The van der Waals surface area contributed by atoms with E-state index in [0.717, 1.165) is 22.2 Å². The van der Waals surface area contributed by atoms with Gasteiger partial charge in [-0.2, -0.15) is 4.98 Å². The van der Waals surface area contributed by atoms with Crippen LogP contribution >= 0.6 is 0 Å². The van der Waals surface area contributed by atoms with E-state index in [0.29, 0.717) is 5.82 Å². The van der Waals surface area contributed by atoms with E-state index in [9.17, 15) is 0 Å². The highest BCUT2D eigenvalue weighted by atomic mass is 15.0. The molecule has 5 heteroatoms. The number of aryl methyl sites for hydroxylation is 1. The zero-order valence-electron chi connectivity index (χ0n) is 9.94. The molecule has 5 N–H and O–H groups in total. The van der Waals surface area contributed by atoms with Crippen LogP contribution in [0.4, 0.5) is 11.8 Å². The first-order chi connectivity index (χ1) is 8.65. The summed E-state index contributed by atoms with van der Waals surface area (Å²) in [5.74, 6) is 0.562. The standard InChI is InChI=1S/C13H13N5/c1-7-3-2-4-8-9(6-16-12(7)8)10-5-11(14)18-13(15)17-10/h2-6,16H,1H3,(H4,14,15,17,18). The molecule has 3 rings (SSSR count). The van der Waals surface area contributed by atoms with E-state index < -0.39 is 0 Å². The number of nitrogens with zero attached hydrogens (tertiary/aromatic N) is 2. The van der Waals surface area contributed by atoms with Gasteiger partial charge in [0.15, 0.2) is 0 Å². The lowest BCUT2D eigenvalue weighted by Crippen LogP contribution is -2.00. The lowest BCUT2D eigenvalue weighted by atomic mass is 10.1. The first-order valence-corrected chi connectivity index (χ1v) is 5.62. The molecule has 0 saturated carbocycles. The van der Waals surface area contributed by atoms with Crippen molar-refractivity contribution in [1.29, 1.82) is 0 Å². The molecule has 0 unspecified atom stereocenters. The smallest absolute Gasteiger partial charge is 0.222 e. The molecule has 0 spiro atoms. The number of nitrogens with two attached hydrogens (primary N) is 2. The average Bonchev–Trinajstić information content (AvgIpc) is 2.73. The Labute approximate surface area is 104 Å². The van der Waals surface area contributed by atoms with Gasteiger partial charge in [-0.3, -0.25) is 0 Å². The van der Waals surface area contributed by atoms with Crippen LogP contribution in [0.25, 0.3) is 22.2 Å². The van der Waals surface area contributed by atoms with E-state index in [1.165, 1.54) is 5.56 Å². The van der Waals surface area contributed by atoms with Crippen molar-refractivity contribution in [2.24, 2.45) is 0 Å². The molecule has 2 aromatic heterocycles. The Kier molecular flexibility index (Phi) is 2.19. The van der Waals surface area contributed by atoms with Crippen molar-refractivity contribution in [2.45, 2.75) is 6.92 Å². The van der Waals surface area contributed by atoms with E-state index >= 15 is 0 Å². The molecule has 5 nitrogen and oxygen atoms in total. The SMILES string of the molecule is Cc1cccc2c(-c3cc(N)nc(N)n3)c[nH]c12. The Bertz CT molecular complexity index is 709. The van der Waals surface area contributed by atoms with Gasteiger partial charge in [-0.25, -0.2) is 4.98 Å². The Morgan fingerprint density at radius 1 is 1.17 bits per heavy atom. The summed E-state index contributed by atoms with van der Waals surface area (Å²) in [6.45, 7) is 2.06. The van der Waals surface area contributed by atoms with Crippen molar-refractivity contribution < 1.29 is 0 Å². The number of anilines is 2. The molecule has 0 aliphatic carbocycles. The fourth-order valence-corrected chi connectivity index (χ4v) is 2.14. The number of aromatic amines is 1. The number of fused-ring (bicyclic) bond motifs is 1. The molecule has 18 heavy (non-hydrogen) atoms. The zero-order chi connectivity index (χ0) is 12.7. The van der Waals surface area contributed by atoms with Crippen molar-refractivity contribution in [3.8, 4) is 11.3 Å². The predicted molar refractivity (Wildman–Crippen MR) is 72.9 cm³/mol. The van der Waals surface area contributed by atoms with Gasteiger partial charge in [-0.1, -0.05) is 18.2 Å². The van der Waals surface area contributed by atoms with E-state index in [-0.39, 0.29) is 5.95 Å². The highest BCUT2D eigenvalue weighted by Gasteiger charge is 2.10. The van der Waals surface area contributed by atoms with Crippen molar-refractivity contribution in [2.75, 3.05) is 11.5 Å². The fraction of sp³-hybridized carbons (Fsp3) is 0.0769. The molecule has 0 fully saturated rings. The number of rotatable bonds is 1. The van der Waals surface area contributed by atoms with E-state index in [4.69, 9.17) is 11.5 Å². The van der Waals surface area contributed by atoms with Crippen LogP contribution in [0, 0.1) is 6.92 Å². The summed E-state index contributed by atoms with van der Waals surface area (Å²) in [7, 11) is 0. The number of hydrogen-bond donors (Lipinski definition) is 3. The van der Waals surface area contributed by atoms with Crippen LogP contribution in [0.2, 0.25) is 0 Å². The van der Waals surface area contributed by atoms with Gasteiger partial charge in [0.1, 0.15) is 5.82 Å². The molecule has 0 bridgehead atoms. The average molecular weight is 239 g/mol. The topological polar surface area (TPSA) is 93.6 Å². The third-order valence-corrected chi connectivity index (χ3v) is 2.96. The van der Waals surface area contributed by atoms with Crippen molar-refractivity contribution >= 4 is 22.7 Å². The van der Waals surface area contributed by atoms with Gasteiger partial charge in [0, 0.05) is 28.7 Å². The molecule has 0 saturated heterocycles. The molecule has 0 radical (unpaired) electrons. The highest BCUT2D eigenvalue weighted by molar-refractivity contribution is 5.96. The van der Waals surface area contributed by atoms with E-state index in [1.807, 2.05) is 18.3 Å². The van der Waals surface area contributed by atoms with Gasteiger partial charge in [-0.15, -0.1) is 0 Å². The molecule has 0 aliphatic rings. The third kappa shape index (κ3) is 1.57. The number of nitrogen functional groups attached to an aromatic ring is 2. The minimum atomic E-state index is 0.187. The maximum Gasteiger partial charge on any atom is 0.222 e. The first kappa shape index (κ1) is 10.6. The minimum Gasteiger partial charge on any atom is -0.384 e. The van der Waals surface area contributed by atoms with Crippen LogP contribution < -0.4 is 11.5 Å². The normalized spacial score (nSPS) is 10.9. The summed E-state index contributed by atoms with van der Waals surface area (Å²) in [5, 5.41) is 1.10. The molecule has 0 amide bonds. The third-order valence-electron chi connectivity index (χ3n) is 2.96. The maximum absolute atomic E-state index is 5.70. The summed E-state index contributed by atoms with van der Waals surface area (Å²) < 4.78 is 0. The number of aromatic nitrogens is 3. The highest BCUT2D eigenvalue weighted by Crippen LogP contribution is 2.29. The second-order valence-corrected chi connectivity index (χ2v) is 4.24. The van der Waals surface area contributed by atoms with Crippen LogP contribution in [-0.4, -0.2) is 15.0 Å². The maximum atomic E-state index is 5.70. The zero-order valence-corrected chi connectivity index (χ0v) is 9.94. The second-order valence-electron chi connectivity index (χ2n) is 4.24. The van der Waals surface area contributed by atoms with Crippen LogP contribution in [0.3, 0.4) is 0 Å². The lowest BCUT2D eigenvalue weighted by molar-refractivity contribution is 1.20. The largest absolute Gasteiger partial charge is 0.384 e. The lowest BCUT2D eigenvalue weighted by Gasteiger charge is -2.02.